The molecule has 0 unspecified atom stereocenters. The molecule has 110 valence electrons. The average Bonchev–Trinajstić information content (AvgIpc) is 2.96. The molecule has 0 saturated carbocycles. The van der Waals surface area contributed by atoms with Crippen molar-refractivity contribution in [3.05, 3.63) is 50.9 Å². The first-order valence-electron chi connectivity index (χ1n) is 6.37. The van der Waals surface area contributed by atoms with E-state index in [0.29, 0.717) is 18.1 Å². The van der Waals surface area contributed by atoms with Gasteiger partial charge in [-0.15, -0.1) is 11.3 Å². The van der Waals surface area contributed by atoms with E-state index < -0.39 is 0 Å². The fraction of sp³-hybridized carbons (Fsp3) is 0.214. The van der Waals surface area contributed by atoms with Crippen LogP contribution < -0.4 is 10.6 Å². The molecule has 1 heterocycles. The van der Waals surface area contributed by atoms with E-state index in [-0.39, 0.29) is 22.5 Å². The lowest BCUT2D eigenvalue weighted by Gasteiger charge is -2.05. The predicted molar refractivity (Wildman–Crippen MR) is 82.7 cm³/mol. The largest absolute Gasteiger partial charge is 0.350 e. The van der Waals surface area contributed by atoms with Crippen LogP contribution in [0.25, 0.3) is 0 Å². The second kappa shape index (κ2) is 7.19. The van der Waals surface area contributed by atoms with Crippen LogP contribution in [0.3, 0.4) is 0 Å². The van der Waals surface area contributed by atoms with Gasteiger partial charge in [0.15, 0.2) is 5.01 Å². The zero-order chi connectivity index (χ0) is 15.2. The second-order valence-electron chi connectivity index (χ2n) is 4.17. The molecule has 2 amide bonds. The first-order valence-corrected chi connectivity index (χ1v) is 7.63. The molecule has 0 bridgehead atoms. The Labute approximate surface area is 131 Å². The van der Waals surface area contributed by atoms with Crippen molar-refractivity contribution in [3.8, 4) is 0 Å². The van der Waals surface area contributed by atoms with Crippen LogP contribution in [0.1, 0.15) is 32.8 Å². The summed E-state index contributed by atoms with van der Waals surface area (Å²) in [6.45, 7) is 2.65. The molecule has 2 aromatic rings. The first-order chi connectivity index (χ1) is 10.1. The van der Waals surface area contributed by atoms with Gasteiger partial charge in [-0.2, -0.15) is 0 Å². The number of carbonyl (C=O) groups is 2. The highest BCUT2D eigenvalue weighted by Gasteiger charge is 2.14. The van der Waals surface area contributed by atoms with Gasteiger partial charge in [0.25, 0.3) is 11.8 Å². The Hall–Kier alpha value is -1.92. The zero-order valence-corrected chi connectivity index (χ0v) is 12.9. The molecule has 0 aliphatic rings. The second-order valence-corrected chi connectivity index (χ2v) is 5.44. The highest BCUT2D eigenvalue weighted by atomic mass is 35.5. The molecular formula is C14H14ClN3O2S. The van der Waals surface area contributed by atoms with Gasteiger partial charge in [-0.25, -0.2) is 4.98 Å². The Bertz CT molecular complexity index is 657. The standard InChI is InChI=1S/C14H14ClN3O2S/c1-2-16-13(20)14-18-11(8-21-14)12(19)17-7-9-5-3-4-6-10(9)15/h3-6,8H,2,7H2,1H3,(H,16,20)(H,17,19). The molecule has 7 heteroatoms. The third kappa shape index (κ3) is 4.03. The Balaban J connectivity index is 1.98. The van der Waals surface area contributed by atoms with E-state index in [2.05, 4.69) is 15.6 Å². The smallest absolute Gasteiger partial charge is 0.280 e. The summed E-state index contributed by atoms with van der Waals surface area (Å²) in [6.07, 6.45) is 0. The van der Waals surface area contributed by atoms with Crippen LogP contribution in [-0.2, 0) is 6.54 Å². The Morgan fingerprint density at radius 3 is 2.71 bits per heavy atom. The Kier molecular flexibility index (Phi) is 5.30. The quantitative estimate of drug-likeness (QED) is 0.888. The third-order valence-electron chi connectivity index (χ3n) is 2.67. The third-order valence-corrected chi connectivity index (χ3v) is 3.88. The van der Waals surface area contributed by atoms with Gasteiger partial charge in [0, 0.05) is 23.5 Å². The van der Waals surface area contributed by atoms with Crippen LogP contribution in [0.5, 0.6) is 0 Å². The predicted octanol–water partition coefficient (Wildman–Crippen LogP) is 2.48. The maximum atomic E-state index is 12.0. The number of halogens is 1. The van der Waals surface area contributed by atoms with Gasteiger partial charge in [-0.3, -0.25) is 9.59 Å². The van der Waals surface area contributed by atoms with E-state index in [1.165, 1.54) is 0 Å². The summed E-state index contributed by atoms with van der Waals surface area (Å²) in [6, 6.07) is 7.28. The molecule has 2 rings (SSSR count). The summed E-state index contributed by atoms with van der Waals surface area (Å²) in [5.41, 5.74) is 1.06. The number of benzene rings is 1. The van der Waals surface area contributed by atoms with Crippen LogP contribution in [0.2, 0.25) is 5.02 Å². The zero-order valence-electron chi connectivity index (χ0n) is 11.4. The number of nitrogens with zero attached hydrogens (tertiary/aromatic N) is 1. The van der Waals surface area contributed by atoms with Gasteiger partial charge in [0.05, 0.1) is 0 Å². The van der Waals surface area contributed by atoms with Crippen LogP contribution in [-0.4, -0.2) is 23.3 Å². The van der Waals surface area contributed by atoms with Crippen molar-refractivity contribution < 1.29 is 9.59 Å². The molecule has 0 aliphatic heterocycles. The topological polar surface area (TPSA) is 71.1 Å². The average molecular weight is 324 g/mol. The van der Waals surface area contributed by atoms with Crippen molar-refractivity contribution in [2.24, 2.45) is 0 Å². The van der Waals surface area contributed by atoms with Gasteiger partial charge in [-0.05, 0) is 18.6 Å². The van der Waals surface area contributed by atoms with E-state index in [9.17, 15) is 9.59 Å². The number of amides is 2. The Morgan fingerprint density at radius 1 is 1.24 bits per heavy atom. The highest BCUT2D eigenvalue weighted by Crippen LogP contribution is 2.15. The Morgan fingerprint density at radius 2 is 2.00 bits per heavy atom. The number of aromatic nitrogens is 1. The van der Waals surface area contributed by atoms with Crippen molar-refractivity contribution in [3.63, 3.8) is 0 Å². The van der Waals surface area contributed by atoms with Crippen LogP contribution in [0.15, 0.2) is 29.6 Å². The maximum absolute atomic E-state index is 12.0. The number of nitrogens with one attached hydrogen (secondary N) is 2. The maximum Gasteiger partial charge on any atom is 0.280 e. The summed E-state index contributed by atoms with van der Waals surface area (Å²) in [5.74, 6) is -0.602. The number of thiazole rings is 1. The van der Waals surface area contributed by atoms with Gasteiger partial charge in [0.1, 0.15) is 5.69 Å². The highest BCUT2D eigenvalue weighted by molar-refractivity contribution is 7.11. The number of rotatable bonds is 5. The molecule has 1 aromatic carbocycles. The van der Waals surface area contributed by atoms with Crippen molar-refractivity contribution in [1.82, 2.24) is 15.6 Å². The minimum atomic E-state index is -0.332. The van der Waals surface area contributed by atoms with Crippen molar-refractivity contribution in [2.75, 3.05) is 6.54 Å². The molecule has 1 aromatic heterocycles. The van der Waals surface area contributed by atoms with Crippen LogP contribution in [0, 0.1) is 0 Å². The SMILES string of the molecule is CCNC(=O)c1nc(C(=O)NCc2ccccc2Cl)cs1. The van der Waals surface area contributed by atoms with Gasteiger partial charge in [-0.1, -0.05) is 29.8 Å². The summed E-state index contributed by atoms with van der Waals surface area (Å²) in [7, 11) is 0. The first kappa shape index (κ1) is 15.5. The van der Waals surface area contributed by atoms with Crippen LogP contribution >= 0.6 is 22.9 Å². The molecule has 0 fully saturated rings. The van der Waals surface area contributed by atoms with E-state index in [1.807, 2.05) is 25.1 Å². The summed E-state index contributed by atoms with van der Waals surface area (Å²) in [4.78, 5) is 27.6. The van der Waals surface area contributed by atoms with E-state index in [1.54, 1.807) is 11.4 Å². The van der Waals surface area contributed by atoms with E-state index in [0.717, 1.165) is 16.9 Å². The molecule has 2 N–H and O–H groups in total. The monoisotopic (exact) mass is 323 g/mol. The molecule has 0 atom stereocenters. The summed E-state index contributed by atoms with van der Waals surface area (Å²) >= 11 is 7.16. The number of carbonyl (C=O) groups excluding carboxylic acids is 2. The molecule has 0 radical (unpaired) electrons. The van der Waals surface area contributed by atoms with Gasteiger partial charge >= 0.3 is 0 Å². The molecule has 0 spiro atoms. The molecular weight excluding hydrogens is 310 g/mol. The lowest BCUT2D eigenvalue weighted by Crippen LogP contribution is -2.25. The fourth-order valence-electron chi connectivity index (χ4n) is 1.63. The minimum absolute atomic E-state index is 0.230. The lowest BCUT2D eigenvalue weighted by molar-refractivity contribution is 0.0946. The fourth-order valence-corrected chi connectivity index (χ4v) is 2.54. The molecule has 0 aliphatic carbocycles. The van der Waals surface area contributed by atoms with Gasteiger partial charge in [0.2, 0.25) is 0 Å². The number of hydrogen-bond acceptors (Lipinski definition) is 4. The van der Waals surface area contributed by atoms with Crippen molar-refractivity contribution in [1.29, 1.82) is 0 Å². The van der Waals surface area contributed by atoms with E-state index >= 15 is 0 Å². The van der Waals surface area contributed by atoms with Crippen molar-refractivity contribution >= 4 is 34.8 Å². The lowest BCUT2D eigenvalue weighted by atomic mass is 10.2. The number of hydrogen-bond donors (Lipinski definition) is 2. The van der Waals surface area contributed by atoms with E-state index in [4.69, 9.17) is 11.6 Å². The molecule has 21 heavy (non-hydrogen) atoms. The summed E-state index contributed by atoms with van der Waals surface area (Å²) < 4.78 is 0. The van der Waals surface area contributed by atoms with Crippen LogP contribution in [0.4, 0.5) is 0 Å². The minimum Gasteiger partial charge on any atom is -0.350 e. The normalized spacial score (nSPS) is 10.2. The summed E-state index contributed by atoms with van der Waals surface area (Å²) in [5, 5.41) is 7.80. The molecule has 5 nitrogen and oxygen atoms in total. The molecule has 0 saturated heterocycles. The van der Waals surface area contributed by atoms with Crippen molar-refractivity contribution in [2.45, 2.75) is 13.5 Å². The van der Waals surface area contributed by atoms with Gasteiger partial charge < -0.3 is 10.6 Å².